The molecular formula is C33H27ClF3N3O4. The predicted octanol–water partition coefficient (Wildman–Crippen LogP) is 7.63. The molecule has 0 aliphatic carbocycles. The highest BCUT2D eigenvalue weighted by atomic mass is 35.5. The number of benzene rings is 3. The van der Waals surface area contributed by atoms with Crippen molar-refractivity contribution in [3.8, 4) is 17.1 Å². The Bertz CT molecular complexity index is 1890. The number of hydrogen-bond donors (Lipinski definition) is 1. The SMILES string of the molecule is CC1(C)COC[C@H]1n1c(Cc2cc(F)c(-c3cccc(OCc4ccc(Cl)cc4)n3)cc2F)nc2c(F)cc(C(=O)O)cc21. The third-order valence-corrected chi connectivity index (χ3v) is 8.07. The molecule has 6 rings (SSSR count). The van der Waals surface area contributed by atoms with E-state index >= 15 is 13.2 Å². The van der Waals surface area contributed by atoms with Gasteiger partial charge in [0.15, 0.2) is 5.82 Å². The molecule has 3 aromatic carbocycles. The summed E-state index contributed by atoms with van der Waals surface area (Å²) >= 11 is 5.93. The molecule has 3 heterocycles. The number of halogens is 4. The van der Waals surface area contributed by atoms with E-state index in [2.05, 4.69) is 9.97 Å². The average Bonchev–Trinajstić information content (AvgIpc) is 3.52. The van der Waals surface area contributed by atoms with E-state index < -0.39 is 28.8 Å². The average molecular weight is 622 g/mol. The second-order valence-electron chi connectivity index (χ2n) is 11.4. The fraction of sp³-hybridized carbons (Fsp3) is 0.242. The quantitative estimate of drug-likeness (QED) is 0.192. The van der Waals surface area contributed by atoms with E-state index in [1.165, 1.54) is 6.07 Å². The van der Waals surface area contributed by atoms with Crippen molar-refractivity contribution in [1.82, 2.24) is 14.5 Å². The van der Waals surface area contributed by atoms with Crippen LogP contribution in [0.3, 0.4) is 0 Å². The van der Waals surface area contributed by atoms with E-state index in [0.717, 1.165) is 23.8 Å². The molecule has 1 fully saturated rings. The number of pyridine rings is 1. The Morgan fingerprint density at radius 1 is 1.05 bits per heavy atom. The summed E-state index contributed by atoms with van der Waals surface area (Å²) in [6, 6.07) is 16.0. The zero-order valence-corrected chi connectivity index (χ0v) is 24.5. The molecule has 5 aromatic rings. The number of hydrogen-bond acceptors (Lipinski definition) is 5. The number of carboxylic acids is 1. The van der Waals surface area contributed by atoms with Crippen molar-refractivity contribution >= 4 is 28.6 Å². The van der Waals surface area contributed by atoms with Crippen molar-refractivity contribution in [2.75, 3.05) is 13.2 Å². The number of carbonyl (C=O) groups is 1. The number of fused-ring (bicyclic) bond motifs is 1. The second-order valence-corrected chi connectivity index (χ2v) is 11.9. The summed E-state index contributed by atoms with van der Waals surface area (Å²) in [6.07, 6.45) is -0.177. The van der Waals surface area contributed by atoms with Crippen LogP contribution in [0.1, 0.15) is 47.2 Å². The maximum Gasteiger partial charge on any atom is 0.335 e. The van der Waals surface area contributed by atoms with Crippen molar-refractivity contribution < 1.29 is 32.5 Å². The molecule has 0 spiro atoms. The van der Waals surface area contributed by atoms with Gasteiger partial charge in [-0.1, -0.05) is 43.6 Å². The van der Waals surface area contributed by atoms with Crippen molar-refractivity contribution in [3.63, 3.8) is 0 Å². The van der Waals surface area contributed by atoms with Gasteiger partial charge in [-0.2, -0.15) is 0 Å². The Morgan fingerprint density at radius 3 is 2.52 bits per heavy atom. The van der Waals surface area contributed by atoms with Gasteiger partial charge in [-0.15, -0.1) is 0 Å². The molecule has 0 radical (unpaired) electrons. The normalized spacial score (nSPS) is 16.0. The lowest BCUT2D eigenvalue weighted by Crippen LogP contribution is -2.27. The lowest BCUT2D eigenvalue weighted by molar-refractivity contribution is 0.0696. The topological polar surface area (TPSA) is 86.5 Å². The zero-order valence-electron chi connectivity index (χ0n) is 23.8. The van der Waals surface area contributed by atoms with Crippen LogP contribution in [0.15, 0.2) is 66.7 Å². The second kappa shape index (κ2) is 11.6. The van der Waals surface area contributed by atoms with E-state index in [9.17, 15) is 9.90 Å². The van der Waals surface area contributed by atoms with Crippen LogP contribution in [0.4, 0.5) is 13.2 Å². The first-order chi connectivity index (χ1) is 21.0. The molecule has 1 N–H and O–H groups in total. The standard InChI is InChI=1S/C33H27ClF3N3O4/c1-33(2)17-43-16-28(33)40-27-12-20(32(41)42)11-25(37)31(27)39-29(40)13-19-10-24(36)22(14-23(19)35)26-4-3-5-30(38-26)44-15-18-6-8-21(34)9-7-18/h3-12,14,28H,13,15-17H2,1-2H3,(H,41,42)/t28-/m1/s1. The summed E-state index contributed by atoms with van der Waals surface area (Å²) in [5.41, 5.74) is 0.518. The van der Waals surface area contributed by atoms with Gasteiger partial charge in [0.2, 0.25) is 5.88 Å². The number of carboxylic acid groups (broad SMARTS) is 1. The maximum atomic E-state index is 15.6. The maximum absolute atomic E-state index is 15.6. The van der Waals surface area contributed by atoms with E-state index in [-0.39, 0.29) is 70.8 Å². The summed E-state index contributed by atoms with van der Waals surface area (Å²) in [4.78, 5) is 20.5. The number of aromatic nitrogens is 3. The van der Waals surface area contributed by atoms with E-state index in [1.54, 1.807) is 34.9 Å². The van der Waals surface area contributed by atoms with Crippen LogP contribution in [0.25, 0.3) is 22.3 Å². The first-order valence-corrected chi connectivity index (χ1v) is 14.2. The van der Waals surface area contributed by atoms with Gasteiger partial charge in [0.05, 0.1) is 36.0 Å². The Balaban J connectivity index is 1.34. The molecule has 2 aromatic heterocycles. The van der Waals surface area contributed by atoms with Crippen LogP contribution in [0, 0.1) is 22.9 Å². The van der Waals surface area contributed by atoms with Gasteiger partial charge in [0.1, 0.15) is 29.6 Å². The molecule has 44 heavy (non-hydrogen) atoms. The molecule has 0 amide bonds. The van der Waals surface area contributed by atoms with E-state index in [1.807, 2.05) is 26.0 Å². The molecule has 7 nitrogen and oxygen atoms in total. The van der Waals surface area contributed by atoms with E-state index in [0.29, 0.717) is 11.6 Å². The van der Waals surface area contributed by atoms with Gasteiger partial charge in [-0.3, -0.25) is 0 Å². The zero-order chi connectivity index (χ0) is 31.2. The molecule has 1 aliphatic heterocycles. The molecule has 226 valence electrons. The lowest BCUT2D eigenvalue weighted by Gasteiger charge is -2.28. The molecular weight excluding hydrogens is 595 g/mol. The highest BCUT2D eigenvalue weighted by Gasteiger charge is 2.39. The third-order valence-electron chi connectivity index (χ3n) is 7.82. The summed E-state index contributed by atoms with van der Waals surface area (Å²) in [6.45, 7) is 4.81. The van der Waals surface area contributed by atoms with Crippen LogP contribution in [0.5, 0.6) is 5.88 Å². The fourth-order valence-electron chi connectivity index (χ4n) is 5.45. The minimum atomic E-state index is -1.29. The van der Waals surface area contributed by atoms with Gasteiger partial charge in [0, 0.05) is 28.5 Å². The number of aromatic carboxylic acids is 1. The van der Waals surface area contributed by atoms with Crippen LogP contribution < -0.4 is 4.74 Å². The van der Waals surface area contributed by atoms with Gasteiger partial charge < -0.3 is 19.1 Å². The third kappa shape index (κ3) is 5.75. The Morgan fingerprint density at radius 2 is 1.82 bits per heavy atom. The van der Waals surface area contributed by atoms with Crippen molar-refractivity contribution in [2.45, 2.75) is 32.9 Å². The fourth-order valence-corrected chi connectivity index (χ4v) is 5.58. The molecule has 0 saturated carbocycles. The molecule has 1 atom stereocenters. The number of rotatable bonds is 8. The van der Waals surface area contributed by atoms with E-state index in [4.69, 9.17) is 21.1 Å². The molecule has 1 aliphatic rings. The van der Waals surface area contributed by atoms with Crippen LogP contribution in [0.2, 0.25) is 5.02 Å². The number of nitrogens with zero attached hydrogens (tertiary/aromatic N) is 3. The van der Waals surface area contributed by atoms with Gasteiger partial charge >= 0.3 is 5.97 Å². The minimum Gasteiger partial charge on any atom is -0.478 e. The summed E-state index contributed by atoms with van der Waals surface area (Å²) in [7, 11) is 0. The summed E-state index contributed by atoms with van der Waals surface area (Å²) < 4.78 is 59.4. The number of ether oxygens (including phenoxy) is 2. The largest absolute Gasteiger partial charge is 0.478 e. The first kappa shape index (κ1) is 29.7. The summed E-state index contributed by atoms with van der Waals surface area (Å²) in [5.74, 6) is -3.04. The first-order valence-electron chi connectivity index (χ1n) is 13.8. The molecule has 11 heteroatoms. The van der Waals surface area contributed by atoms with Gasteiger partial charge in [0.25, 0.3) is 0 Å². The lowest BCUT2D eigenvalue weighted by atomic mass is 9.87. The van der Waals surface area contributed by atoms with Crippen molar-refractivity contribution in [1.29, 1.82) is 0 Å². The highest BCUT2D eigenvalue weighted by Crippen LogP contribution is 2.41. The minimum absolute atomic E-state index is 0.00598. The summed E-state index contributed by atoms with van der Waals surface area (Å²) in [5, 5.41) is 10.1. The van der Waals surface area contributed by atoms with Crippen molar-refractivity contribution in [3.05, 3.63) is 112 Å². The Kier molecular flexibility index (Phi) is 7.81. The van der Waals surface area contributed by atoms with Crippen LogP contribution in [-0.2, 0) is 17.8 Å². The highest BCUT2D eigenvalue weighted by molar-refractivity contribution is 6.30. The van der Waals surface area contributed by atoms with Crippen LogP contribution >= 0.6 is 11.6 Å². The number of imidazole rings is 1. The van der Waals surface area contributed by atoms with Crippen LogP contribution in [-0.4, -0.2) is 38.8 Å². The smallest absolute Gasteiger partial charge is 0.335 e. The van der Waals surface area contributed by atoms with Gasteiger partial charge in [-0.25, -0.2) is 27.9 Å². The van der Waals surface area contributed by atoms with Crippen molar-refractivity contribution in [2.24, 2.45) is 5.41 Å². The van der Waals surface area contributed by atoms with Gasteiger partial charge in [-0.05, 0) is 53.6 Å². The molecule has 1 saturated heterocycles. The molecule has 0 unspecified atom stereocenters. The Hall–Kier alpha value is -4.41. The molecule has 0 bridgehead atoms. The monoisotopic (exact) mass is 621 g/mol. The predicted molar refractivity (Wildman–Crippen MR) is 158 cm³/mol. The Labute approximate surface area is 255 Å².